The molecular formula is C15H23N3OS. The number of hydrogen-bond donors (Lipinski definition) is 1. The molecule has 2 heterocycles. The number of carbonyl (C=O) groups excluding carboxylic acids is 1. The Morgan fingerprint density at radius 2 is 2.00 bits per heavy atom. The Hall–Kier alpha value is -1.10. The van der Waals surface area contributed by atoms with Gasteiger partial charge >= 0.3 is 0 Å². The maximum Gasteiger partial charge on any atom is 0.251 e. The van der Waals surface area contributed by atoms with Crippen LogP contribution in [0.5, 0.6) is 0 Å². The largest absolute Gasteiger partial charge is 0.360 e. The van der Waals surface area contributed by atoms with Gasteiger partial charge in [-0.05, 0) is 63.7 Å². The van der Waals surface area contributed by atoms with Crippen LogP contribution in [0.3, 0.4) is 0 Å². The van der Waals surface area contributed by atoms with Gasteiger partial charge in [-0.25, -0.2) is 0 Å². The summed E-state index contributed by atoms with van der Waals surface area (Å²) in [6.07, 6.45) is 5.48. The van der Waals surface area contributed by atoms with E-state index in [1.54, 1.807) is 0 Å². The summed E-state index contributed by atoms with van der Waals surface area (Å²) in [4.78, 5) is 16.8. The van der Waals surface area contributed by atoms with E-state index in [2.05, 4.69) is 24.1 Å². The molecule has 1 fully saturated rings. The molecule has 3 aliphatic rings. The number of carbonyl (C=O) groups is 1. The van der Waals surface area contributed by atoms with Gasteiger partial charge in [0.05, 0.1) is 0 Å². The summed E-state index contributed by atoms with van der Waals surface area (Å²) in [5.41, 5.74) is 2.43. The highest BCUT2D eigenvalue weighted by molar-refractivity contribution is 7.80. The van der Waals surface area contributed by atoms with Crippen LogP contribution in [0.4, 0.5) is 0 Å². The minimum Gasteiger partial charge on any atom is -0.360 e. The number of rotatable bonds is 1. The van der Waals surface area contributed by atoms with Crippen molar-refractivity contribution in [1.82, 2.24) is 15.1 Å². The predicted octanol–water partition coefficient (Wildman–Crippen LogP) is 2.01. The molecule has 0 aromatic heterocycles. The van der Waals surface area contributed by atoms with Crippen LogP contribution in [0.15, 0.2) is 11.1 Å². The fourth-order valence-corrected chi connectivity index (χ4v) is 4.01. The molecule has 2 aliphatic heterocycles. The van der Waals surface area contributed by atoms with Gasteiger partial charge in [-0.2, -0.15) is 0 Å². The van der Waals surface area contributed by atoms with E-state index >= 15 is 0 Å². The van der Waals surface area contributed by atoms with Gasteiger partial charge in [-0.1, -0.05) is 0 Å². The van der Waals surface area contributed by atoms with E-state index in [9.17, 15) is 4.79 Å². The SMILES string of the molecule is CC(C)NC(=S)N1CCCN2C(=O)C3=C(CCCC3)C21. The molecule has 1 N–H and O–H groups in total. The Labute approximate surface area is 126 Å². The molecule has 0 aromatic rings. The van der Waals surface area contributed by atoms with Crippen molar-refractivity contribution in [2.75, 3.05) is 13.1 Å². The first-order valence-electron chi connectivity index (χ1n) is 7.69. The van der Waals surface area contributed by atoms with Gasteiger partial charge in [0.15, 0.2) is 5.11 Å². The zero-order chi connectivity index (χ0) is 14.3. The van der Waals surface area contributed by atoms with E-state index < -0.39 is 0 Å². The van der Waals surface area contributed by atoms with Crippen molar-refractivity contribution < 1.29 is 4.79 Å². The van der Waals surface area contributed by atoms with Crippen LogP contribution in [-0.2, 0) is 4.79 Å². The first-order chi connectivity index (χ1) is 9.59. The van der Waals surface area contributed by atoms with E-state index in [4.69, 9.17) is 12.2 Å². The zero-order valence-electron chi connectivity index (χ0n) is 12.3. The van der Waals surface area contributed by atoms with Gasteiger partial charge in [0, 0.05) is 24.7 Å². The number of nitrogens with one attached hydrogen (secondary N) is 1. The summed E-state index contributed by atoms with van der Waals surface area (Å²) in [5, 5.41) is 4.13. The molecule has 1 amide bonds. The predicted molar refractivity (Wildman–Crippen MR) is 83.2 cm³/mol. The van der Waals surface area contributed by atoms with Gasteiger partial charge in [-0.3, -0.25) is 4.79 Å². The molecule has 3 rings (SSSR count). The number of amides is 1. The highest BCUT2D eigenvalue weighted by Gasteiger charge is 2.44. The van der Waals surface area contributed by atoms with Crippen LogP contribution >= 0.6 is 12.2 Å². The number of fused-ring (bicyclic) bond motifs is 2. The van der Waals surface area contributed by atoms with E-state index in [0.717, 1.165) is 49.5 Å². The van der Waals surface area contributed by atoms with E-state index in [1.807, 2.05) is 4.90 Å². The Morgan fingerprint density at radius 1 is 1.25 bits per heavy atom. The minimum atomic E-state index is 0.102. The second-order valence-electron chi connectivity index (χ2n) is 6.23. The van der Waals surface area contributed by atoms with Crippen molar-refractivity contribution >= 4 is 23.2 Å². The molecule has 5 heteroatoms. The smallest absolute Gasteiger partial charge is 0.251 e. The molecule has 0 spiro atoms. The lowest BCUT2D eigenvalue weighted by Crippen LogP contribution is -2.58. The third-order valence-electron chi connectivity index (χ3n) is 4.40. The van der Waals surface area contributed by atoms with Gasteiger partial charge in [0.25, 0.3) is 5.91 Å². The number of nitrogens with zero attached hydrogens (tertiary/aromatic N) is 2. The molecule has 1 unspecified atom stereocenters. The van der Waals surface area contributed by atoms with Crippen LogP contribution < -0.4 is 5.32 Å². The average molecular weight is 293 g/mol. The van der Waals surface area contributed by atoms with Crippen molar-refractivity contribution in [2.24, 2.45) is 0 Å². The first-order valence-corrected chi connectivity index (χ1v) is 8.10. The Morgan fingerprint density at radius 3 is 2.75 bits per heavy atom. The van der Waals surface area contributed by atoms with Crippen LogP contribution in [0, 0.1) is 0 Å². The lowest BCUT2D eigenvalue weighted by Gasteiger charge is -2.43. The Kier molecular flexibility index (Phi) is 3.71. The summed E-state index contributed by atoms with van der Waals surface area (Å²) in [6, 6.07) is 0.329. The van der Waals surface area contributed by atoms with Gasteiger partial charge in [-0.15, -0.1) is 0 Å². The molecule has 1 atom stereocenters. The Bertz CT molecular complexity index is 472. The molecule has 110 valence electrons. The molecule has 4 nitrogen and oxygen atoms in total. The third-order valence-corrected chi connectivity index (χ3v) is 4.76. The monoisotopic (exact) mass is 293 g/mol. The molecule has 0 radical (unpaired) electrons. The molecule has 0 aromatic carbocycles. The van der Waals surface area contributed by atoms with Crippen molar-refractivity contribution in [3.8, 4) is 0 Å². The second-order valence-corrected chi connectivity index (χ2v) is 6.62. The number of hydrogen-bond acceptors (Lipinski definition) is 2. The van der Waals surface area contributed by atoms with Crippen LogP contribution in [0.25, 0.3) is 0 Å². The van der Waals surface area contributed by atoms with E-state index in [0.29, 0.717) is 6.04 Å². The summed E-state index contributed by atoms with van der Waals surface area (Å²) >= 11 is 5.56. The second kappa shape index (κ2) is 5.35. The highest BCUT2D eigenvalue weighted by atomic mass is 32.1. The van der Waals surface area contributed by atoms with Gasteiger partial charge in [0.1, 0.15) is 6.17 Å². The first kappa shape index (κ1) is 13.9. The van der Waals surface area contributed by atoms with Gasteiger partial charge < -0.3 is 15.1 Å². The summed E-state index contributed by atoms with van der Waals surface area (Å²) in [5.74, 6) is 0.266. The maximum absolute atomic E-state index is 12.5. The fraction of sp³-hybridized carbons (Fsp3) is 0.733. The van der Waals surface area contributed by atoms with E-state index in [1.165, 1.54) is 12.0 Å². The summed E-state index contributed by atoms with van der Waals surface area (Å²) < 4.78 is 0. The molecule has 0 bridgehead atoms. The molecule has 1 saturated heterocycles. The molecule has 1 aliphatic carbocycles. The quantitative estimate of drug-likeness (QED) is 0.750. The Balaban J connectivity index is 1.88. The molecule has 0 saturated carbocycles. The number of thiocarbonyl (C=S) groups is 1. The van der Waals surface area contributed by atoms with Crippen LogP contribution in [0.1, 0.15) is 46.0 Å². The fourth-order valence-electron chi connectivity index (χ4n) is 3.59. The highest BCUT2D eigenvalue weighted by Crippen LogP contribution is 2.39. The minimum absolute atomic E-state index is 0.102. The lowest BCUT2D eigenvalue weighted by molar-refractivity contribution is -0.130. The van der Waals surface area contributed by atoms with Crippen molar-refractivity contribution in [3.63, 3.8) is 0 Å². The third kappa shape index (κ3) is 2.22. The summed E-state index contributed by atoms with van der Waals surface area (Å²) in [7, 11) is 0. The van der Waals surface area contributed by atoms with Crippen LogP contribution in [0.2, 0.25) is 0 Å². The maximum atomic E-state index is 12.5. The zero-order valence-corrected chi connectivity index (χ0v) is 13.1. The topological polar surface area (TPSA) is 35.6 Å². The average Bonchev–Trinajstić information content (AvgIpc) is 2.72. The van der Waals surface area contributed by atoms with Crippen LogP contribution in [-0.4, -0.2) is 46.1 Å². The van der Waals surface area contributed by atoms with E-state index in [-0.39, 0.29) is 12.1 Å². The lowest BCUT2D eigenvalue weighted by atomic mass is 9.92. The van der Waals surface area contributed by atoms with Crippen molar-refractivity contribution in [2.45, 2.75) is 58.2 Å². The summed E-state index contributed by atoms with van der Waals surface area (Å²) in [6.45, 7) is 6.01. The van der Waals surface area contributed by atoms with Gasteiger partial charge in [0.2, 0.25) is 0 Å². The molecular weight excluding hydrogens is 270 g/mol. The van der Waals surface area contributed by atoms with Crippen molar-refractivity contribution in [1.29, 1.82) is 0 Å². The molecule has 20 heavy (non-hydrogen) atoms. The van der Waals surface area contributed by atoms with Crippen molar-refractivity contribution in [3.05, 3.63) is 11.1 Å². The normalized spacial score (nSPS) is 25.9. The standard InChI is InChI=1S/C15H23N3OS/c1-10(2)16-15(20)18-9-5-8-17-13(18)11-6-3-4-7-12(11)14(17)19/h10,13H,3-9H2,1-2H3,(H,16,20).